The third kappa shape index (κ3) is 4.15. The summed E-state index contributed by atoms with van der Waals surface area (Å²) in [5, 5.41) is 0.592. The highest BCUT2D eigenvalue weighted by Gasteiger charge is 2.32. The van der Waals surface area contributed by atoms with Gasteiger partial charge in [0.15, 0.2) is 0 Å². The number of benzene rings is 1. The largest absolute Gasteiger partial charge is 0.417 e. The molecule has 0 atom stereocenters. The SMILES string of the molecule is C=c1/c(=C\C(=C/N)C(F)(F)F)nc(-c2ccccc2SCC)n1C(C)C. The van der Waals surface area contributed by atoms with Crippen LogP contribution in [0.3, 0.4) is 0 Å². The summed E-state index contributed by atoms with van der Waals surface area (Å²) in [7, 11) is 0. The summed E-state index contributed by atoms with van der Waals surface area (Å²) in [6, 6.07) is 7.72. The monoisotopic (exact) mass is 381 g/mol. The highest BCUT2D eigenvalue weighted by atomic mass is 32.2. The van der Waals surface area contributed by atoms with Gasteiger partial charge in [-0.1, -0.05) is 31.7 Å². The van der Waals surface area contributed by atoms with E-state index in [1.807, 2.05) is 49.6 Å². The molecule has 1 aromatic heterocycles. The van der Waals surface area contributed by atoms with Gasteiger partial charge < -0.3 is 10.3 Å². The fraction of sp³-hybridized carbons (Fsp3) is 0.316. The van der Waals surface area contributed by atoms with Crippen LogP contribution < -0.4 is 16.4 Å². The van der Waals surface area contributed by atoms with Crippen LogP contribution in [0.1, 0.15) is 26.8 Å². The molecule has 140 valence electrons. The molecule has 0 aliphatic rings. The van der Waals surface area contributed by atoms with Crippen molar-refractivity contribution in [1.82, 2.24) is 9.55 Å². The minimum atomic E-state index is -4.54. The quantitative estimate of drug-likeness (QED) is 0.801. The Hall–Kier alpha value is -2.15. The fourth-order valence-corrected chi connectivity index (χ4v) is 3.45. The highest BCUT2D eigenvalue weighted by Crippen LogP contribution is 2.30. The van der Waals surface area contributed by atoms with Crippen molar-refractivity contribution in [2.75, 3.05) is 5.75 Å². The normalized spacial score (nSPS) is 13.7. The van der Waals surface area contributed by atoms with E-state index in [1.54, 1.807) is 11.8 Å². The Morgan fingerprint density at radius 1 is 1.35 bits per heavy atom. The van der Waals surface area contributed by atoms with Crippen LogP contribution in [0.15, 0.2) is 40.9 Å². The van der Waals surface area contributed by atoms with Crippen molar-refractivity contribution in [3.63, 3.8) is 0 Å². The first kappa shape index (κ1) is 20.2. The number of rotatable bonds is 5. The molecule has 1 aromatic carbocycles. The Morgan fingerprint density at radius 2 is 2.00 bits per heavy atom. The van der Waals surface area contributed by atoms with Gasteiger partial charge in [-0.25, -0.2) is 4.98 Å². The van der Waals surface area contributed by atoms with Gasteiger partial charge in [-0.3, -0.25) is 0 Å². The van der Waals surface area contributed by atoms with Crippen molar-refractivity contribution >= 4 is 24.4 Å². The summed E-state index contributed by atoms with van der Waals surface area (Å²) < 4.78 is 41.0. The maximum Gasteiger partial charge on any atom is 0.417 e. The van der Waals surface area contributed by atoms with Gasteiger partial charge in [0, 0.05) is 22.7 Å². The Kier molecular flexibility index (Phi) is 6.23. The average Bonchev–Trinajstić information content (AvgIpc) is 2.89. The smallest absolute Gasteiger partial charge is 0.404 e. The van der Waals surface area contributed by atoms with E-state index >= 15 is 0 Å². The van der Waals surface area contributed by atoms with E-state index in [2.05, 4.69) is 11.6 Å². The predicted molar refractivity (Wildman–Crippen MR) is 102 cm³/mol. The molecule has 0 aliphatic heterocycles. The third-order valence-corrected chi connectivity index (χ3v) is 4.74. The lowest BCUT2D eigenvalue weighted by molar-refractivity contribution is -0.0867. The zero-order valence-electron chi connectivity index (χ0n) is 15.0. The molecule has 2 N–H and O–H groups in total. The second-order valence-corrected chi connectivity index (χ2v) is 7.23. The zero-order chi connectivity index (χ0) is 19.5. The maximum atomic E-state index is 13.1. The van der Waals surface area contributed by atoms with E-state index in [4.69, 9.17) is 5.73 Å². The van der Waals surface area contributed by atoms with Crippen LogP contribution in [-0.2, 0) is 0 Å². The molecule has 0 unspecified atom stereocenters. The van der Waals surface area contributed by atoms with Gasteiger partial charge in [0.2, 0.25) is 0 Å². The van der Waals surface area contributed by atoms with Gasteiger partial charge in [-0.2, -0.15) is 13.2 Å². The van der Waals surface area contributed by atoms with E-state index in [0.717, 1.165) is 22.3 Å². The Bertz CT molecular complexity index is 911. The molecule has 7 heteroatoms. The Labute approximate surface area is 155 Å². The lowest BCUT2D eigenvalue weighted by Crippen LogP contribution is -2.30. The van der Waals surface area contributed by atoms with Gasteiger partial charge in [-0.05, 0) is 31.7 Å². The molecule has 0 amide bonds. The highest BCUT2D eigenvalue weighted by molar-refractivity contribution is 7.99. The molecular formula is C19H22F3N3S. The standard InChI is InChI=1S/C19H22F3N3S/c1-5-26-17-9-7-6-8-15(17)18-24-16(13(4)25(18)12(2)3)10-14(11-23)19(20,21)22/h6-12H,4-5,23H2,1-3H3/b14-11+,16-10+. The first-order valence-electron chi connectivity index (χ1n) is 8.20. The van der Waals surface area contributed by atoms with Gasteiger partial charge in [-0.15, -0.1) is 11.8 Å². The van der Waals surface area contributed by atoms with Crippen LogP contribution in [0.4, 0.5) is 13.2 Å². The first-order chi connectivity index (χ1) is 12.2. The molecule has 0 aliphatic carbocycles. The summed E-state index contributed by atoms with van der Waals surface area (Å²) >= 11 is 1.66. The van der Waals surface area contributed by atoms with Crippen molar-refractivity contribution < 1.29 is 13.2 Å². The average molecular weight is 381 g/mol. The molecule has 0 saturated carbocycles. The van der Waals surface area contributed by atoms with Crippen molar-refractivity contribution in [1.29, 1.82) is 0 Å². The summed E-state index contributed by atoms with van der Waals surface area (Å²) in [6.45, 7) is 9.90. The Morgan fingerprint density at radius 3 is 2.54 bits per heavy atom. The molecule has 26 heavy (non-hydrogen) atoms. The molecule has 3 nitrogen and oxygen atoms in total. The van der Waals surface area contributed by atoms with Crippen LogP contribution in [0.2, 0.25) is 0 Å². The molecule has 0 spiro atoms. The molecule has 0 bridgehead atoms. The van der Waals surface area contributed by atoms with Crippen molar-refractivity contribution in [3.8, 4) is 11.4 Å². The molecule has 0 radical (unpaired) electrons. The first-order valence-corrected chi connectivity index (χ1v) is 9.19. The third-order valence-electron chi connectivity index (χ3n) is 3.78. The minimum Gasteiger partial charge on any atom is -0.404 e. The molecule has 2 aromatic rings. The van der Waals surface area contributed by atoms with Gasteiger partial charge in [0.1, 0.15) is 5.82 Å². The van der Waals surface area contributed by atoms with Gasteiger partial charge in [0.05, 0.1) is 16.3 Å². The molecule has 0 fully saturated rings. The number of hydrogen-bond donors (Lipinski definition) is 1. The van der Waals surface area contributed by atoms with Crippen LogP contribution in [0, 0.1) is 0 Å². The number of nitrogens with two attached hydrogens (primary N) is 1. The number of halogens is 3. The number of imidazole rings is 1. The fourth-order valence-electron chi connectivity index (χ4n) is 2.65. The summed E-state index contributed by atoms with van der Waals surface area (Å²) in [4.78, 5) is 5.51. The number of aromatic nitrogens is 2. The van der Waals surface area contributed by atoms with E-state index < -0.39 is 11.7 Å². The molecule has 1 heterocycles. The van der Waals surface area contributed by atoms with Crippen LogP contribution in [-0.4, -0.2) is 21.5 Å². The van der Waals surface area contributed by atoms with Crippen molar-refractivity contribution in [3.05, 3.63) is 46.7 Å². The van der Waals surface area contributed by atoms with E-state index in [9.17, 15) is 13.2 Å². The minimum absolute atomic E-state index is 0.0111. The number of alkyl halides is 3. The topological polar surface area (TPSA) is 43.8 Å². The predicted octanol–water partition coefficient (Wildman–Crippen LogP) is 3.84. The summed E-state index contributed by atoms with van der Waals surface area (Å²) in [5.74, 6) is 1.48. The van der Waals surface area contributed by atoms with Crippen molar-refractivity contribution in [2.45, 2.75) is 37.9 Å². The number of nitrogens with zero attached hydrogens (tertiary/aromatic N) is 2. The lowest BCUT2D eigenvalue weighted by atomic mass is 10.2. The molecule has 0 saturated heterocycles. The second-order valence-electron chi connectivity index (χ2n) is 5.92. The summed E-state index contributed by atoms with van der Waals surface area (Å²) in [5.41, 5.74) is 5.10. The zero-order valence-corrected chi connectivity index (χ0v) is 15.8. The number of allylic oxidation sites excluding steroid dienone is 1. The van der Waals surface area contributed by atoms with Crippen LogP contribution in [0.25, 0.3) is 24.0 Å². The molecule has 2 rings (SSSR count). The summed E-state index contributed by atoms with van der Waals surface area (Å²) in [6.07, 6.45) is -3.05. The number of thioether (sulfide) groups is 1. The van der Waals surface area contributed by atoms with Gasteiger partial charge in [0.25, 0.3) is 0 Å². The second kappa shape index (κ2) is 8.03. The maximum absolute atomic E-state index is 13.1. The molecular weight excluding hydrogens is 359 g/mol. The van der Waals surface area contributed by atoms with E-state index in [-0.39, 0.29) is 11.4 Å². The van der Waals surface area contributed by atoms with Gasteiger partial charge >= 0.3 is 6.18 Å². The van der Waals surface area contributed by atoms with Crippen LogP contribution in [0.5, 0.6) is 0 Å². The van der Waals surface area contributed by atoms with E-state index in [1.165, 1.54) is 0 Å². The lowest BCUT2D eigenvalue weighted by Gasteiger charge is -2.14. The van der Waals surface area contributed by atoms with E-state index in [0.29, 0.717) is 17.4 Å². The van der Waals surface area contributed by atoms with Crippen molar-refractivity contribution in [2.24, 2.45) is 5.73 Å². The Balaban J connectivity index is 2.77. The number of hydrogen-bond acceptors (Lipinski definition) is 3. The van der Waals surface area contributed by atoms with Crippen LogP contribution >= 0.6 is 11.8 Å².